The highest BCUT2D eigenvalue weighted by molar-refractivity contribution is 6.64. The first-order valence-electron chi connectivity index (χ1n) is 8.21. The van der Waals surface area contributed by atoms with Crippen LogP contribution in [0.25, 0.3) is 5.53 Å². The molecule has 1 atom stereocenters. The molecule has 7 heteroatoms. The van der Waals surface area contributed by atoms with Crippen LogP contribution < -0.4 is 0 Å². The van der Waals surface area contributed by atoms with Crippen molar-refractivity contribution in [1.82, 2.24) is 4.90 Å². The molecule has 1 unspecified atom stereocenters. The minimum absolute atomic E-state index is 0.0376. The lowest BCUT2D eigenvalue weighted by Gasteiger charge is -2.37. The number of ketones is 1. The van der Waals surface area contributed by atoms with E-state index in [1.54, 1.807) is 11.8 Å². The highest BCUT2D eigenvalue weighted by Crippen LogP contribution is 2.33. The van der Waals surface area contributed by atoms with Crippen molar-refractivity contribution >= 4 is 23.4 Å². The quantitative estimate of drug-likeness (QED) is 0.257. The SMILES string of the molecule is CCOC(=O)C(=[N+]=[N-])C(=O)C1(C)CCCN(Cc2ccccc2)C1=O. The van der Waals surface area contributed by atoms with Crippen LogP contribution in [0.1, 0.15) is 32.3 Å². The number of ether oxygens (including phenoxy) is 1. The molecule has 1 aromatic rings. The molecule has 0 aromatic heterocycles. The number of piperidine rings is 1. The summed E-state index contributed by atoms with van der Waals surface area (Å²) in [6.45, 7) is 4.01. The van der Waals surface area contributed by atoms with Crippen molar-refractivity contribution < 1.29 is 23.9 Å². The van der Waals surface area contributed by atoms with E-state index < -0.39 is 22.9 Å². The van der Waals surface area contributed by atoms with Gasteiger partial charge < -0.3 is 15.2 Å². The number of benzene rings is 1. The van der Waals surface area contributed by atoms with Gasteiger partial charge in [-0.3, -0.25) is 9.59 Å². The summed E-state index contributed by atoms with van der Waals surface area (Å²) in [5, 5.41) is 0. The average molecular weight is 343 g/mol. The van der Waals surface area contributed by atoms with E-state index >= 15 is 0 Å². The van der Waals surface area contributed by atoms with Crippen molar-refractivity contribution in [3.8, 4) is 0 Å². The van der Waals surface area contributed by atoms with Gasteiger partial charge in [-0.2, -0.15) is 4.79 Å². The molecule has 1 amide bonds. The monoisotopic (exact) mass is 343 g/mol. The molecule has 7 nitrogen and oxygen atoms in total. The van der Waals surface area contributed by atoms with E-state index in [-0.39, 0.29) is 18.9 Å². The zero-order valence-electron chi connectivity index (χ0n) is 14.4. The summed E-state index contributed by atoms with van der Waals surface area (Å²) in [7, 11) is 0. The van der Waals surface area contributed by atoms with Crippen LogP contribution >= 0.6 is 0 Å². The molecule has 0 bridgehead atoms. The zero-order valence-corrected chi connectivity index (χ0v) is 14.4. The van der Waals surface area contributed by atoms with Gasteiger partial charge in [-0.25, -0.2) is 4.79 Å². The predicted molar refractivity (Wildman–Crippen MR) is 89.5 cm³/mol. The normalized spacial score (nSPS) is 19.9. The summed E-state index contributed by atoms with van der Waals surface area (Å²) >= 11 is 0. The van der Waals surface area contributed by atoms with Gasteiger partial charge in [0.15, 0.2) is 0 Å². The first-order chi connectivity index (χ1) is 11.9. The van der Waals surface area contributed by atoms with Crippen molar-refractivity contribution in [3.63, 3.8) is 0 Å². The summed E-state index contributed by atoms with van der Waals surface area (Å²) in [5.74, 6) is -2.21. The standard InChI is InChI=1S/C18H21N3O4/c1-3-25-16(23)14(20-19)15(22)18(2)10-7-11-21(17(18)24)12-13-8-5-4-6-9-13/h4-6,8-9H,3,7,10-12H2,1-2H3. The molecular weight excluding hydrogens is 322 g/mol. The van der Waals surface area contributed by atoms with Crippen LogP contribution in [-0.2, 0) is 25.7 Å². The maximum Gasteiger partial charge on any atom is 0.442 e. The average Bonchev–Trinajstić information content (AvgIpc) is 2.61. The Morgan fingerprint density at radius 2 is 2.00 bits per heavy atom. The fourth-order valence-electron chi connectivity index (χ4n) is 2.99. The molecule has 1 heterocycles. The molecule has 0 radical (unpaired) electrons. The summed E-state index contributed by atoms with van der Waals surface area (Å²) in [6.07, 6.45) is 0.900. The Bertz CT molecular complexity index is 725. The van der Waals surface area contributed by atoms with Crippen molar-refractivity contribution in [2.24, 2.45) is 5.41 Å². The largest absolute Gasteiger partial charge is 0.457 e. The minimum atomic E-state index is -1.44. The fourth-order valence-corrected chi connectivity index (χ4v) is 2.99. The topological polar surface area (TPSA) is 100 Å². The number of hydrogen-bond donors (Lipinski definition) is 0. The highest BCUT2D eigenvalue weighted by atomic mass is 16.5. The number of likely N-dealkylation sites (tertiary alicyclic amines) is 1. The number of nitrogens with zero attached hydrogens (tertiary/aromatic N) is 3. The Morgan fingerprint density at radius 3 is 2.60 bits per heavy atom. The molecule has 1 fully saturated rings. The van der Waals surface area contributed by atoms with Gasteiger partial charge >= 0.3 is 11.7 Å². The Morgan fingerprint density at radius 1 is 1.32 bits per heavy atom. The number of Topliss-reactive ketones (excluding diaryl/α,β-unsaturated/α-hetero) is 1. The number of amides is 1. The molecule has 1 aliphatic rings. The summed E-state index contributed by atoms with van der Waals surface area (Å²) in [6, 6.07) is 9.45. The van der Waals surface area contributed by atoms with Crippen LogP contribution in [0.4, 0.5) is 0 Å². The first kappa shape index (κ1) is 18.5. The van der Waals surface area contributed by atoms with E-state index in [1.165, 1.54) is 6.92 Å². The van der Waals surface area contributed by atoms with Crippen LogP contribution in [0.5, 0.6) is 0 Å². The zero-order chi connectivity index (χ0) is 18.4. The van der Waals surface area contributed by atoms with Gasteiger partial charge in [0.25, 0.3) is 5.78 Å². The molecule has 0 aliphatic carbocycles. The Labute approximate surface area is 146 Å². The summed E-state index contributed by atoms with van der Waals surface area (Å²) < 4.78 is 4.73. The summed E-state index contributed by atoms with van der Waals surface area (Å²) in [5.41, 5.74) is 7.84. The van der Waals surface area contributed by atoms with Crippen LogP contribution in [0.3, 0.4) is 0 Å². The maximum absolute atomic E-state index is 12.9. The van der Waals surface area contributed by atoms with Gasteiger partial charge in [0, 0.05) is 13.1 Å². The molecular formula is C18H21N3O4. The third kappa shape index (κ3) is 3.83. The number of rotatable bonds is 6. The highest BCUT2D eigenvalue weighted by Gasteiger charge is 2.52. The van der Waals surface area contributed by atoms with Crippen molar-refractivity contribution in [3.05, 3.63) is 41.4 Å². The van der Waals surface area contributed by atoms with Crippen molar-refractivity contribution in [1.29, 1.82) is 0 Å². The first-order valence-corrected chi connectivity index (χ1v) is 8.21. The van der Waals surface area contributed by atoms with Crippen molar-refractivity contribution in [2.75, 3.05) is 13.2 Å². The van der Waals surface area contributed by atoms with E-state index in [1.807, 2.05) is 30.3 Å². The van der Waals surface area contributed by atoms with E-state index in [4.69, 9.17) is 10.3 Å². The number of hydrogen-bond acceptors (Lipinski definition) is 4. The Balaban J connectivity index is 2.23. The molecule has 0 spiro atoms. The molecule has 25 heavy (non-hydrogen) atoms. The Hall–Kier alpha value is -2.79. The second-order valence-corrected chi connectivity index (χ2v) is 6.15. The van der Waals surface area contributed by atoms with Crippen LogP contribution in [-0.4, -0.2) is 46.2 Å². The smallest absolute Gasteiger partial charge is 0.442 e. The lowest BCUT2D eigenvalue weighted by molar-refractivity contribution is -0.153. The lowest BCUT2D eigenvalue weighted by Crippen LogP contribution is -2.53. The minimum Gasteiger partial charge on any atom is -0.457 e. The molecule has 1 aliphatic heterocycles. The van der Waals surface area contributed by atoms with Gasteiger partial charge in [-0.1, -0.05) is 30.3 Å². The van der Waals surface area contributed by atoms with Gasteiger partial charge in [0.2, 0.25) is 5.91 Å². The third-order valence-electron chi connectivity index (χ3n) is 4.37. The van der Waals surface area contributed by atoms with E-state index in [0.29, 0.717) is 19.5 Å². The van der Waals surface area contributed by atoms with E-state index in [2.05, 4.69) is 4.79 Å². The lowest BCUT2D eigenvalue weighted by atomic mass is 9.75. The van der Waals surface area contributed by atoms with Gasteiger partial charge in [0.1, 0.15) is 5.41 Å². The van der Waals surface area contributed by atoms with Crippen molar-refractivity contribution in [2.45, 2.75) is 33.2 Å². The van der Waals surface area contributed by atoms with Gasteiger partial charge in [0.05, 0.1) is 6.61 Å². The number of esters is 1. The molecule has 2 rings (SSSR count). The molecule has 1 saturated heterocycles. The third-order valence-corrected chi connectivity index (χ3v) is 4.37. The van der Waals surface area contributed by atoms with Crippen LogP contribution in [0, 0.1) is 5.41 Å². The van der Waals surface area contributed by atoms with E-state index in [9.17, 15) is 14.4 Å². The predicted octanol–water partition coefficient (Wildman–Crippen LogP) is 1.62. The summed E-state index contributed by atoms with van der Waals surface area (Å²) in [4.78, 5) is 41.9. The van der Waals surface area contributed by atoms with E-state index in [0.717, 1.165) is 5.56 Å². The maximum atomic E-state index is 12.9. The van der Waals surface area contributed by atoms with Crippen LogP contribution in [0.2, 0.25) is 0 Å². The number of carbonyl (C=O) groups excluding carboxylic acids is 3. The molecule has 0 N–H and O–H groups in total. The van der Waals surface area contributed by atoms with Gasteiger partial charge in [-0.05, 0) is 32.3 Å². The molecule has 132 valence electrons. The Kier molecular flexibility index (Phi) is 5.83. The number of carbonyl (C=O) groups is 3. The van der Waals surface area contributed by atoms with Gasteiger partial charge in [-0.15, -0.1) is 0 Å². The molecule has 1 aromatic carbocycles. The second-order valence-electron chi connectivity index (χ2n) is 6.15. The van der Waals surface area contributed by atoms with Crippen LogP contribution in [0.15, 0.2) is 30.3 Å². The second kappa shape index (κ2) is 7.85. The fraction of sp³-hybridized carbons (Fsp3) is 0.444. The molecule has 0 saturated carbocycles.